The van der Waals surface area contributed by atoms with Gasteiger partial charge >= 0.3 is 0 Å². The van der Waals surface area contributed by atoms with Gasteiger partial charge in [-0.3, -0.25) is 0 Å². The van der Waals surface area contributed by atoms with Gasteiger partial charge in [-0.1, -0.05) is 29.3 Å². The molecule has 0 aliphatic rings. The van der Waals surface area contributed by atoms with Gasteiger partial charge in [-0.25, -0.2) is 0 Å². The molecule has 0 bridgehead atoms. The van der Waals surface area contributed by atoms with Gasteiger partial charge in [0, 0.05) is 11.3 Å². The highest BCUT2D eigenvalue weighted by atomic mass is 35.5. The molecule has 0 unspecified atom stereocenters. The van der Waals surface area contributed by atoms with E-state index in [4.69, 9.17) is 20.8 Å². The summed E-state index contributed by atoms with van der Waals surface area (Å²) in [4.78, 5) is 0. The third-order valence-corrected chi connectivity index (χ3v) is 3.91. The zero-order valence-corrected chi connectivity index (χ0v) is 13.9. The average molecular weight is 328 g/mol. The van der Waals surface area contributed by atoms with Crippen LogP contribution in [-0.4, -0.2) is 7.11 Å². The van der Waals surface area contributed by atoms with E-state index in [2.05, 4.69) is 36.5 Å². The second-order valence-electron chi connectivity index (χ2n) is 5.33. The summed E-state index contributed by atoms with van der Waals surface area (Å²) in [6.07, 6.45) is 0. The molecule has 0 radical (unpaired) electrons. The summed E-state index contributed by atoms with van der Waals surface area (Å²) in [5.41, 5.74) is 3.24. The minimum absolute atomic E-state index is 0.570. The summed E-state index contributed by atoms with van der Waals surface area (Å²) >= 11 is 6.16. The highest BCUT2D eigenvalue weighted by Crippen LogP contribution is 2.31. The highest BCUT2D eigenvalue weighted by molar-refractivity contribution is 6.32. The van der Waals surface area contributed by atoms with E-state index < -0.39 is 0 Å². The zero-order valence-electron chi connectivity index (χ0n) is 13.1. The van der Waals surface area contributed by atoms with Crippen LogP contribution in [0.1, 0.15) is 11.3 Å². The number of anilines is 1. The van der Waals surface area contributed by atoms with Crippen molar-refractivity contribution >= 4 is 17.3 Å². The van der Waals surface area contributed by atoms with Gasteiger partial charge in [-0.05, 0) is 49.4 Å². The summed E-state index contributed by atoms with van der Waals surface area (Å²) in [6.45, 7) is 2.70. The monoisotopic (exact) mass is 327 g/mol. The van der Waals surface area contributed by atoms with Gasteiger partial charge in [0.2, 0.25) is 0 Å². The van der Waals surface area contributed by atoms with E-state index in [0.717, 1.165) is 22.8 Å². The Labute approximate surface area is 140 Å². The van der Waals surface area contributed by atoms with Crippen molar-refractivity contribution in [3.8, 4) is 17.1 Å². The minimum atomic E-state index is 0.570. The normalized spacial score (nSPS) is 10.6. The van der Waals surface area contributed by atoms with Gasteiger partial charge in [-0.2, -0.15) is 0 Å². The quantitative estimate of drug-likeness (QED) is 0.669. The molecule has 1 N–H and O–H groups in total. The van der Waals surface area contributed by atoms with Crippen LogP contribution < -0.4 is 10.1 Å². The molecule has 118 valence electrons. The van der Waals surface area contributed by atoms with Crippen molar-refractivity contribution in [1.29, 1.82) is 0 Å². The lowest BCUT2D eigenvalue weighted by molar-refractivity contribution is 0.415. The molecule has 3 nitrogen and oxygen atoms in total. The van der Waals surface area contributed by atoms with E-state index in [1.807, 2.05) is 30.3 Å². The Morgan fingerprint density at radius 2 is 1.83 bits per heavy atom. The van der Waals surface area contributed by atoms with Crippen LogP contribution in [-0.2, 0) is 6.54 Å². The fourth-order valence-corrected chi connectivity index (χ4v) is 2.57. The highest BCUT2D eigenvalue weighted by Gasteiger charge is 2.08. The lowest BCUT2D eigenvalue weighted by atomic mass is 10.2. The molecule has 0 saturated heterocycles. The predicted molar refractivity (Wildman–Crippen MR) is 94.2 cm³/mol. The molecule has 1 heterocycles. The molecule has 2 aromatic carbocycles. The predicted octanol–water partition coefficient (Wildman–Crippen LogP) is 5.53. The topological polar surface area (TPSA) is 34.4 Å². The first-order valence-corrected chi connectivity index (χ1v) is 7.76. The van der Waals surface area contributed by atoms with Crippen molar-refractivity contribution in [2.45, 2.75) is 13.5 Å². The fraction of sp³-hybridized carbons (Fsp3) is 0.158. The summed E-state index contributed by atoms with van der Waals surface area (Å²) < 4.78 is 11.0. The van der Waals surface area contributed by atoms with E-state index in [-0.39, 0.29) is 0 Å². The largest absolute Gasteiger partial charge is 0.495 e. The summed E-state index contributed by atoms with van der Waals surface area (Å²) in [6, 6.07) is 17.8. The molecule has 0 aliphatic carbocycles. The number of nitrogens with one attached hydrogen (secondary N) is 1. The van der Waals surface area contributed by atoms with Gasteiger partial charge in [0.15, 0.2) is 0 Å². The first-order valence-electron chi connectivity index (χ1n) is 7.39. The molecule has 4 heteroatoms. The Morgan fingerprint density at radius 3 is 2.52 bits per heavy atom. The van der Waals surface area contributed by atoms with Crippen molar-refractivity contribution in [3.05, 3.63) is 70.9 Å². The minimum Gasteiger partial charge on any atom is -0.495 e. The van der Waals surface area contributed by atoms with E-state index in [0.29, 0.717) is 17.3 Å². The Balaban J connectivity index is 1.70. The summed E-state index contributed by atoms with van der Waals surface area (Å²) in [5, 5.41) is 3.91. The lowest BCUT2D eigenvalue weighted by Gasteiger charge is -2.05. The number of methoxy groups -OCH3 is 1. The molecular weight excluding hydrogens is 310 g/mol. The SMILES string of the molecule is COc1ccc(-c2ccc(CNc3ccc(C)cc3)o2)cc1Cl. The Bertz CT molecular complexity index is 793. The molecule has 0 aliphatic heterocycles. The Kier molecular flexibility index (Phi) is 4.58. The van der Waals surface area contributed by atoms with Crippen molar-refractivity contribution in [2.24, 2.45) is 0 Å². The number of rotatable bonds is 5. The van der Waals surface area contributed by atoms with E-state index in [9.17, 15) is 0 Å². The molecule has 1 aromatic heterocycles. The number of aryl methyl sites for hydroxylation is 1. The van der Waals surface area contributed by atoms with Crippen LogP contribution in [0, 0.1) is 6.92 Å². The number of ether oxygens (including phenoxy) is 1. The van der Waals surface area contributed by atoms with E-state index in [1.54, 1.807) is 7.11 Å². The first-order chi connectivity index (χ1) is 11.2. The number of halogens is 1. The molecule has 0 fully saturated rings. The molecular formula is C19H18ClNO2. The fourth-order valence-electron chi connectivity index (χ4n) is 2.31. The molecule has 3 rings (SSSR count). The molecule has 0 amide bonds. The maximum atomic E-state index is 6.16. The van der Waals surface area contributed by atoms with Crippen LogP contribution in [0.2, 0.25) is 5.02 Å². The van der Waals surface area contributed by atoms with Crippen LogP contribution in [0.5, 0.6) is 5.75 Å². The maximum Gasteiger partial charge on any atom is 0.137 e. The van der Waals surface area contributed by atoms with Crippen LogP contribution in [0.4, 0.5) is 5.69 Å². The van der Waals surface area contributed by atoms with Crippen LogP contribution >= 0.6 is 11.6 Å². The van der Waals surface area contributed by atoms with Crippen LogP contribution in [0.25, 0.3) is 11.3 Å². The van der Waals surface area contributed by atoms with Crippen LogP contribution in [0.15, 0.2) is 59.0 Å². The first kappa shape index (κ1) is 15.5. The number of benzene rings is 2. The van der Waals surface area contributed by atoms with Gasteiger partial charge < -0.3 is 14.5 Å². The Hall–Kier alpha value is -2.39. The number of furan rings is 1. The van der Waals surface area contributed by atoms with Crippen molar-refractivity contribution < 1.29 is 9.15 Å². The smallest absolute Gasteiger partial charge is 0.137 e. The Morgan fingerprint density at radius 1 is 1.04 bits per heavy atom. The third kappa shape index (κ3) is 3.69. The standard InChI is InChI=1S/C19H18ClNO2/c1-13-3-6-15(7-4-13)21-12-16-8-10-18(23-16)14-5-9-19(22-2)17(20)11-14/h3-11,21H,12H2,1-2H3. The second kappa shape index (κ2) is 6.80. The maximum absolute atomic E-state index is 6.16. The second-order valence-corrected chi connectivity index (χ2v) is 5.74. The van der Waals surface area contributed by atoms with Gasteiger partial charge in [0.25, 0.3) is 0 Å². The van der Waals surface area contributed by atoms with Gasteiger partial charge in [-0.15, -0.1) is 0 Å². The number of hydrogen-bond acceptors (Lipinski definition) is 3. The molecule has 0 saturated carbocycles. The van der Waals surface area contributed by atoms with Crippen molar-refractivity contribution in [3.63, 3.8) is 0 Å². The van der Waals surface area contributed by atoms with E-state index >= 15 is 0 Å². The molecule has 23 heavy (non-hydrogen) atoms. The van der Waals surface area contributed by atoms with Gasteiger partial charge in [0.1, 0.15) is 17.3 Å². The average Bonchev–Trinajstić information content (AvgIpc) is 3.03. The summed E-state index contributed by atoms with van der Waals surface area (Å²) in [7, 11) is 1.60. The van der Waals surface area contributed by atoms with Gasteiger partial charge in [0.05, 0.1) is 18.7 Å². The zero-order chi connectivity index (χ0) is 16.2. The molecule has 0 atom stereocenters. The number of hydrogen-bond donors (Lipinski definition) is 1. The van der Waals surface area contributed by atoms with E-state index in [1.165, 1.54) is 5.56 Å². The van der Waals surface area contributed by atoms with Crippen LogP contribution in [0.3, 0.4) is 0 Å². The molecule has 0 spiro atoms. The van der Waals surface area contributed by atoms with Crippen molar-refractivity contribution in [1.82, 2.24) is 0 Å². The third-order valence-electron chi connectivity index (χ3n) is 3.62. The van der Waals surface area contributed by atoms with Crippen molar-refractivity contribution in [2.75, 3.05) is 12.4 Å². The summed E-state index contributed by atoms with van der Waals surface area (Å²) in [5.74, 6) is 2.31. The lowest BCUT2D eigenvalue weighted by Crippen LogP contribution is -1.97. The molecule has 3 aromatic rings.